The molecule has 1 unspecified atom stereocenters. The minimum absolute atomic E-state index is 0.0159. The quantitative estimate of drug-likeness (QED) is 0.338. The van der Waals surface area contributed by atoms with Gasteiger partial charge in [-0.2, -0.15) is 0 Å². The molecule has 7 heteroatoms. The van der Waals surface area contributed by atoms with Gasteiger partial charge in [0.15, 0.2) is 5.84 Å². The van der Waals surface area contributed by atoms with Crippen LogP contribution in [0.2, 0.25) is 5.02 Å². The molecule has 0 aliphatic rings. The first-order valence-corrected chi connectivity index (χ1v) is 6.77. The Balaban J connectivity index is 2.97. The number of rotatable bonds is 4. The molecule has 1 amide bonds. The number of benzene rings is 1. The summed E-state index contributed by atoms with van der Waals surface area (Å²) in [6.45, 7) is 3.71. The molecule has 104 valence electrons. The van der Waals surface area contributed by atoms with E-state index in [0.29, 0.717) is 15.1 Å². The maximum absolute atomic E-state index is 12.2. The largest absolute Gasteiger partial charge is 0.409 e. The molecule has 1 aromatic rings. The lowest BCUT2D eigenvalue weighted by Crippen LogP contribution is -2.47. The summed E-state index contributed by atoms with van der Waals surface area (Å²) >= 11 is 9.14. The van der Waals surface area contributed by atoms with Crippen molar-refractivity contribution in [3.05, 3.63) is 33.3 Å². The highest BCUT2D eigenvalue weighted by Gasteiger charge is 2.22. The van der Waals surface area contributed by atoms with Crippen molar-refractivity contribution in [3.63, 3.8) is 0 Å². The molecule has 0 aliphatic heterocycles. The standard InChI is InChI=1S/C12H15BrClN3O2/c1-6(2)10(11(15)17-19)16-12(18)8-5-7(14)3-4-9(8)13/h3-6,10,19H,1-2H3,(H2,15,17)(H,16,18). The van der Waals surface area contributed by atoms with Crippen LogP contribution in [0.3, 0.4) is 0 Å². The molecular formula is C12H15BrClN3O2. The van der Waals surface area contributed by atoms with E-state index in [-0.39, 0.29) is 17.7 Å². The van der Waals surface area contributed by atoms with Gasteiger partial charge in [0.1, 0.15) is 0 Å². The Morgan fingerprint density at radius 1 is 1.53 bits per heavy atom. The number of carbonyl (C=O) groups is 1. The van der Waals surface area contributed by atoms with Crippen molar-refractivity contribution in [3.8, 4) is 0 Å². The summed E-state index contributed by atoms with van der Waals surface area (Å²) in [4.78, 5) is 12.2. The van der Waals surface area contributed by atoms with E-state index in [4.69, 9.17) is 22.5 Å². The fraction of sp³-hybridized carbons (Fsp3) is 0.333. The second-order valence-corrected chi connectivity index (χ2v) is 5.63. The Kier molecular flexibility index (Phi) is 5.62. The molecule has 0 saturated carbocycles. The van der Waals surface area contributed by atoms with Crippen LogP contribution in [-0.4, -0.2) is 23.0 Å². The van der Waals surface area contributed by atoms with Crippen molar-refractivity contribution >= 4 is 39.3 Å². The van der Waals surface area contributed by atoms with E-state index in [1.807, 2.05) is 13.8 Å². The van der Waals surface area contributed by atoms with Gasteiger partial charge in [0.05, 0.1) is 11.6 Å². The minimum atomic E-state index is -0.552. The van der Waals surface area contributed by atoms with Gasteiger partial charge in [0.25, 0.3) is 5.91 Å². The first kappa shape index (κ1) is 15.8. The molecular weight excluding hydrogens is 334 g/mol. The summed E-state index contributed by atoms with van der Waals surface area (Å²) in [6, 6.07) is 4.35. The van der Waals surface area contributed by atoms with E-state index in [2.05, 4.69) is 26.4 Å². The zero-order valence-corrected chi connectivity index (χ0v) is 12.9. The van der Waals surface area contributed by atoms with E-state index < -0.39 is 6.04 Å². The van der Waals surface area contributed by atoms with Crippen LogP contribution in [0.25, 0.3) is 0 Å². The van der Waals surface area contributed by atoms with Crippen molar-refractivity contribution in [1.82, 2.24) is 5.32 Å². The van der Waals surface area contributed by atoms with Gasteiger partial charge in [0.2, 0.25) is 0 Å². The maximum atomic E-state index is 12.2. The van der Waals surface area contributed by atoms with Crippen molar-refractivity contribution in [1.29, 1.82) is 0 Å². The number of amides is 1. The Labute approximate surface area is 124 Å². The highest BCUT2D eigenvalue weighted by Crippen LogP contribution is 2.21. The molecule has 0 spiro atoms. The van der Waals surface area contributed by atoms with Crippen LogP contribution in [0.5, 0.6) is 0 Å². The number of hydrogen-bond donors (Lipinski definition) is 3. The Morgan fingerprint density at radius 2 is 2.16 bits per heavy atom. The van der Waals surface area contributed by atoms with E-state index >= 15 is 0 Å². The predicted octanol–water partition coefficient (Wildman–Crippen LogP) is 2.60. The second kappa shape index (κ2) is 6.77. The third kappa shape index (κ3) is 4.11. The molecule has 5 nitrogen and oxygen atoms in total. The summed E-state index contributed by atoms with van der Waals surface area (Å²) in [5.41, 5.74) is 5.95. The van der Waals surface area contributed by atoms with Crippen molar-refractivity contribution < 1.29 is 10.0 Å². The van der Waals surface area contributed by atoms with Crippen molar-refractivity contribution in [2.24, 2.45) is 16.8 Å². The van der Waals surface area contributed by atoms with Gasteiger partial charge < -0.3 is 16.3 Å². The fourth-order valence-electron chi connectivity index (χ4n) is 1.53. The number of nitrogens with one attached hydrogen (secondary N) is 1. The summed E-state index contributed by atoms with van der Waals surface area (Å²) in [7, 11) is 0. The molecule has 4 N–H and O–H groups in total. The first-order valence-electron chi connectivity index (χ1n) is 5.60. The van der Waals surface area contributed by atoms with Gasteiger partial charge in [0, 0.05) is 9.50 Å². The third-order valence-electron chi connectivity index (χ3n) is 2.56. The summed E-state index contributed by atoms with van der Waals surface area (Å²) in [6.07, 6.45) is 0. The zero-order chi connectivity index (χ0) is 14.6. The van der Waals surface area contributed by atoms with Crippen LogP contribution in [-0.2, 0) is 0 Å². The monoisotopic (exact) mass is 347 g/mol. The second-order valence-electron chi connectivity index (χ2n) is 4.34. The summed E-state index contributed by atoms with van der Waals surface area (Å²) in [5.74, 6) is -0.404. The molecule has 0 saturated heterocycles. The predicted molar refractivity (Wildman–Crippen MR) is 78.7 cm³/mol. The normalized spacial score (nSPS) is 13.4. The van der Waals surface area contributed by atoms with E-state index in [1.54, 1.807) is 18.2 Å². The number of oxime groups is 1. The topological polar surface area (TPSA) is 87.7 Å². The van der Waals surface area contributed by atoms with Gasteiger partial charge in [-0.15, -0.1) is 0 Å². The number of amidine groups is 1. The van der Waals surface area contributed by atoms with Gasteiger partial charge in [-0.05, 0) is 40.0 Å². The Bertz CT molecular complexity index is 506. The van der Waals surface area contributed by atoms with Crippen molar-refractivity contribution in [2.45, 2.75) is 19.9 Å². The first-order chi connectivity index (χ1) is 8.86. The number of nitrogens with zero attached hydrogens (tertiary/aromatic N) is 1. The van der Waals surface area contributed by atoms with Crippen LogP contribution >= 0.6 is 27.5 Å². The van der Waals surface area contributed by atoms with Crippen LogP contribution in [0.4, 0.5) is 0 Å². The molecule has 0 aliphatic carbocycles. The average molecular weight is 349 g/mol. The van der Waals surface area contributed by atoms with Gasteiger partial charge in [-0.3, -0.25) is 4.79 Å². The zero-order valence-electron chi connectivity index (χ0n) is 10.5. The highest BCUT2D eigenvalue weighted by atomic mass is 79.9. The van der Waals surface area contributed by atoms with Crippen LogP contribution in [0.15, 0.2) is 27.8 Å². The molecule has 19 heavy (non-hydrogen) atoms. The van der Waals surface area contributed by atoms with Gasteiger partial charge in [-0.1, -0.05) is 30.6 Å². The SMILES string of the molecule is CC(C)C(NC(=O)c1cc(Cl)ccc1Br)/C(N)=N/O. The Hall–Kier alpha value is -1.27. The molecule has 1 aromatic carbocycles. The number of carbonyl (C=O) groups excluding carboxylic acids is 1. The Morgan fingerprint density at radius 3 is 2.68 bits per heavy atom. The van der Waals surface area contributed by atoms with E-state index in [1.165, 1.54) is 0 Å². The summed E-state index contributed by atoms with van der Waals surface area (Å²) < 4.78 is 0.622. The van der Waals surface area contributed by atoms with Crippen LogP contribution < -0.4 is 11.1 Å². The molecule has 1 rings (SSSR count). The lowest BCUT2D eigenvalue weighted by atomic mass is 10.0. The lowest BCUT2D eigenvalue weighted by Gasteiger charge is -2.21. The number of halogens is 2. The summed E-state index contributed by atoms with van der Waals surface area (Å²) in [5, 5.41) is 14.8. The minimum Gasteiger partial charge on any atom is -0.409 e. The van der Waals surface area contributed by atoms with Gasteiger partial charge >= 0.3 is 0 Å². The van der Waals surface area contributed by atoms with E-state index in [0.717, 1.165) is 0 Å². The van der Waals surface area contributed by atoms with Crippen molar-refractivity contribution in [2.75, 3.05) is 0 Å². The number of nitrogens with two attached hydrogens (primary N) is 1. The average Bonchev–Trinajstić information content (AvgIpc) is 2.37. The third-order valence-corrected chi connectivity index (χ3v) is 3.49. The van der Waals surface area contributed by atoms with Crippen LogP contribution in [0.1, 0.15) is 24.2 Å². The smallest absolute Gasteiger partial charge is 0.253 e. The van der Waals surface area contributed by atoms with E-state index in [9.17, 15) is 4.79 Å². The molecule has 0 bridgehead atoms. The molecule has 0 heterocycles. The molecule has 0 fully saturated rings. The van der Waals surface area contributed by atoms with Crippen LogP contribution in [0, 0.1) is 5.92 Å². The number of hydrogen-bond acceptors (Lipinski definition) is 3. The maximum Gasteiger partial charge on any atom is 0.253 e. The highest BCUT2D eigenvalue weighted by molar-refractivity contribution is 9.10. The molecule has 1 atom stereocenters. The molecule has 0 aromatic heterocycles. The van der Waals surface area contributed by atoms with Gasteiger partial charge in [-0.25, -0.2) is 0 Å². The molecule has 0 radical (unpaired) electrons. The lowest BCUT2D eigenvalue weighted by molar-refractivity contribution is 0.0938. The fourth-order valence-corrected chi connectivity index (χ4v) is 2.13.